The molecular formula is C19H24FN3O. The van der Waals surface area contributed by atoms with E-state index in [2.05, 4.69) is 24.3 Å². The molecular weight excluding hydrogens is 305 g/mol. The third-order valence-corrected chi connectivity index (χ3v) is 5.17. The number of hydrogen-bond donors (Lipinski definition) is 1. The zero-order valence-corrected chi connectivity index (χ0v) is 14.4. The minimum atomic E-state index is -0.290. The SMILES string of the molecule is Cc1c(C(=O)NC2C(C)CCCC2C)cnn1-c1ccc(F)cc1. The van der Waals surface area contributed by atoms with E-state index >= 15 is 0 Å². The summed E-state index contributed by atoms with van der Waals surface area (Å²) in [5.74, 6) is 0.614. The van der Waals surface area contributed by atoms with E-state index in [1.807, 2.05) is 6.92 Å². The summed E-state index contributed by atoms with van der Waals surface area (Å²) in [7, 11) is 0. The van der Waals surface area contributed by atoms with Crippen LogP contribution in [-0.4, -0.2) is 21.7 Å². The smallest absolute Gasteiger partial charge is 0.254 e. The summed E-state index contributed by atoms with van der Waals surface area (Å²) in [6.45, 7) is 6.27. The number of benzene rings is 1. The molecule has 1 aliphatic rings. The Kier molecular flexibility index (Phi) is 4.69. The molecule has 3 rings (SSSR count). The molecule has 1 N–H and O–H groups in total. The van der Waals surface area contributed by atoms with Crippen LogP contribution in [0, 0.1) is 24.6 Å². The number of rotatable bonds is 3. The van der Waals surface area contributed by atoms with Gasteiger partial charge in [-0.15, -0.1) is 0 Å². The van der Waals surface area contributed by atoms with E-state index in [1.165, 1.54) is 18.6 Å². The first-order valence-electron chi connectivity index (χ1n) is 8.59. The van der Waals surface area contributed by atoms with Crippen LogP contribution in [-0.2, 0) is 0 Å². The first-order valence-corrected chi connectivity index (χ1v) is 8.59. The molecule has 2 unspecified atom stereocenters. The molecule has 0 aliphatic heterocycles. The summed E-state index contributed by atoms with van der Waals surface area (Å²) >= 11 is 0. The first kappa shape index (κ1) is 16.7. The second-order valence-corrected chi connectivity index (χ2v) is 6.92. The molecule has 2 atom stereocenters. The van der Waals surface area contributed by atoms with E-state index in [0.717, 1.165) is 24.2 Å². The fourth-order valence-corrected chi connectivity index (χ4v) is 3.67. The van der Waals surface area contributed by atoms with Gasteiger partial charge in [-0.25, -0.2) is 9.07 Å². The summed E-state index contributed by atoms with van der Waals surface area (Å²) < 4.78 is 14.7. The number of halogens is 1. The fourth-order valence-electron chi connectivity index (χ4n) is 3.67. The van der Waals surface area contributed by atoms with Crippen molar-refractivity contribution in [1.29, 1.82) is 0 Å². The lowest BCUT2D eigenvalue weighted by molar-refractivity contribution is 0.0880. The zero-order valence-electron chi connectivity index (χ0n) is 14.4. The van der Waals surface area contributed by atoms with Gasteiger partial charge >= 0.3 is 0 Å². The molecule has 5 heteroatoms. The topological polar surface area (TPSA) is 46.9 Å². The van der Waals surface area contributed by atoms with Gasteiger partial charge in [0, 0.05) is 6.04 Å². The highest BCUT2D eigenvalue weighted by Crippen LogP contribution is 2.29. The minimum absolute atomic E-state index is 0.0774. The Morgan fingerprint density at radius 1 is 1.21 bits per heavy atom. The van der Waals surface area contributed by atoms with Crippen LogP contribution in [0.4, 0.5) is 4.39 Å². The lowest BCUT2D eigenvalue weighted by Crippen LogP contribution is -2.45. The highest BCUT2D eigenvalue weighted by atomic mass is 19.1. The maximum Gasteiger partial charge on any atom is 0.254 e. The number of carbonyl (C=O) groups is 1. The second-order valence-electron chi connectivity index (χ2n) is 6.92. The van der Waals surface area contributed by atoms with Crippen molar-refractivity contribution in [2.24, 2.45) is 11.8 Å². The molecule has 1 amide bonds. The first-order chi connectivity index (χ1) is 11.5. The van der Waals surface area contributed by atoms with Crippen LogP contribution in [0.2, 0.25) is 0 Å². The normalized spacial score (nSPS) is 23.9. The summed E-state index contributed by atoms with van der Waals surface area (Å²) in [5.41, 5.74) is 2.08. The molecule has 4 nitrogen and oxygen atoms in total. The van der Waals surface area contributed by atoms with Gasteiger partial charge in [0.05, 0.1) is 23.1 Å². The third kappa shape index (κ3) is 3.21. The monoisotopic (exact) mass is 329 g/mol. The standard InChI is InChI=1S/C19H24FN3O/c1-12-5-4-6-13(2)18(12)22-19(24)17-11-21-23(14(17)3)16-9-7-15(20)8-10-16/h7-13,18H,4-6H2,1-3H3,(H,22,24). The Morgan fingerprint density at radius 3 is 2.46 bits per heavy atom. The predicted octanol–water partition coefficient (Wildman–Crippen LogP) is 3.87. The molecule has 1 heterocycles. The van der Waals surface area contributed by atoms with Gasteiger partial charge in [-0.05, 0) is 55.9 Å². The highest BCUT2D eigenvalue weighted by Gasteiger charge is 2.30. The van der Waals surface area contributed by atoms with Crippen molar-refractivity contribution >= 4 is 5.91 Å². The molecule has 0 bridgehead atoms. The van der Waals surface area contributed by atoms with Crippen molar-refractivity contribution in [2.75, 3.05) is 0 Å². The van der Waals surface area contributed by atoms with Gasteiger partial charge in [-0.2, -0.15) is 5.10 Å². The number of hydrogen-bond acceptors (Lipinski definition) is 2. The highest BCUT2D eigenvalue weighted by molar-refractivity contribution is 5.95. The minimum Gasteiger partial charge on any atom is -0.349 e. The van der Waals surface area contributed by atoms with Gasteiger partial charge in [-0.3, -0.25) is 4.79 Å². The third-order valence-electron chi connectivity index (χ3n) is 5.17. The van der Waals surface area contributed by atoms with Crippen LogP contribution in [0.3, 0.4) is 0 Å². The number of nitrogens with one attached hydrogen (secondary N) is 1. The molecule has 128 valence electrons. The molecule has 0 radical (unpaired) electrons. The maximum absolute atomic E-state index is 13.1. The van der Waals surface area contributed by atoms with Crippen LogP contribution < -0.4 is 5.32 Å². The fraction of sp³-hybridized carbons (Fsp3) is 0.474. The average molecular weight is 329 g/mol. The van der Waals surface area contributed by atoms with Crippen molar-refractivity contribution in [3.63, 3.8) is 0 Å². The van der Waals surface area contributed by atoms with Gasteiger partial charge < -0.3 is 5.32 Å². The summed E-state index contributed by atoms with van der Waals surface area (Å²) in [6.07, 6.45) is 5.13. The Morgan fingerprint density at radius 2 is 1.83 bits per heavy atom. The molecule has 2 aromatic rings. The number of amides is 1. The van der Waals surface area contributed by atoms with E-state index in [-0.39, 0.29) is 17.8 Å². The van der Waals surface area contributed by atoms with Crippen molar-refractivity contribution in [2.45, 2.75) is 46.1 Å². The molecule has 1 fully saturated rings. The van der Waals surface area contributed by atoms with E-state index in [1.54, 1.807) is 23.0 Å². The maximum atomic E-state index is 13.1. The Balaban J connectivity index is 1.80. The Hall–Kier alpha value is -2.17. The van der Waals surface area contributed by atoms with Crippen molar-refractivity contribution in [1.82, 2.24) is 15.1 Å². The summed E-state index contributed by atoms with van der Waals surface area (Å²) in [4.78, 5) is 12.7. The molecule has 24 heavy (non-hydrogen) atoms. The molecule has 0 spiro atoms. The molecule has 1 aromatic heterocycles. The van der Waals surface area contributed by atoms with E-state index in [9.17, 15) is 9.18 Å². The van der Waals surface area contributed by atoms with Crippen LogP contribution in [0.1, 0.15) is 49.2 Å². The van der Waals surface area contributed by atoms with Crippen molar-refractivity contribution in [3.8, 4) is 5.69 Å². The van der Waals surface area contributed by atoms with E-state index in [4.69, 9.17) is 0 Å². The molecule has 1 aliphatic carbocycles. The van der Waals surface area contributed by atoms with E-state index in [0.29, 0.717) is 17.4 Å². The largest absolute Gasteiger partial charge is 0.349 e. The number of aromatic nitrogens is 2. The van der Waals surface area contributed by atoms with Crippen LogP contribution in [0.25, 0.3) is 5.69 Å². The van der Waals surface area contributed by atoms with Gasteiger partial charge in [0.25, 0.3) is 5.91 Å². The summed E-state index contributed by atoms with van der Waals surface area (Å²) in [6, 6.07) is 6.30. The second kappa shape index (κ2) is 6.75. The van der Waals surface area contributed by atoms with Crippen molar-refractivity contribution < 1.29 is 9.18 Å². The zero-order chi connectivity index (χ0) is 17.3. The van der Waals surface area contributed by atoms with Crippen LogP contribution in [0.5, 0.6) is 0 Å². The molecule has 0 saturated heterocycles. The lowest BCUT2D eigenvalue weighted by Gasteiger charge is -2.35. The van der Waals surface area contributed by atoms with Crippen LogP contribution in [0.15, 0.2) is 30.5 Å². The Labute approximate surface area is 142 Å². The van der Waals surface area contributed by atoms with Gasteiger partial charge in [0.2, 0.25) is 0 Å². The van der Waals surface area contributed by atoms with Crippen molar-refractivity contribution in [3.05, 3.63) is 47.5 Å². The van der Waals surface area contributed by atoms with Gasteiger partial charge in [0.1, 0.15) is 5.82 Å². The Bertz CT molecular complexity index is 713. The lowest BCUT2D eigenvalue weighted by atomic mass is 9.78. The number of carbonyl (C=O) groups excluding carboxylic acids is 1. The average Bonchev–Trinajstić information content (AvgIpc) is 2.93. The van der Waals surface area contributed by atoms with E-state index < -0.39 is 0 Å². The molecule has 1 saturated carbocycles. The predicted molar refractivity (Wildman–Crippen MR) is 91.7 cm³/mol. The van der Waals surface area contributed by atoms with Gasteiger partial charge in [0.15, 0.2) is 0 Å². The summed E-state index contributed by atoms with van der Waals surface area (Å²) in [5, 5.41) is 7.50. The number of nitrogens with zero attached hydrogens (tertiary/aromatic N) is 2. The van der Waals surface area contributed by atoms with Gasteiger partial charge in [-0.1, -0.05) is 20.3 Å². The quantitative estimate of drug-likeness (QED) is 0.929. The van der Waals surface area contributed by atoms with Crippen LogP contribution >= 0.6 is 0 Å². The molecule has 1 aromatic carbocycles.